The molecule has 416 valence electrons. The summed E-state index contributed by atoms with van der Waals surface area (Å²) >= 11 is 0. The molecule has 71 heavy (non-hydrogen) atoms. The number of amides is 1. The van der Waals surface area contributed by atoms with Crippen molar-refractivity contribution >= 4 is 11.9 Å². The number of aliphatic hydroxyl groups excluding tert-OH is 2. The summed E-state index contributed by atoms with van der Waals surface area (Å²) in [6, 6.07) is -0.629. The molecule has 0 aliphatic heterocycles. The van der Waals surface area contributed by atoms with Gasteiger partial charge in [-0.3, -0.25) is 9.59 Å². The number of unbranched alkanes of at least 4 members (excludes halogenated alkanes) is 41. The zero-order chi connectivity index (χ0) is 51.4. The maximum Gasteiger partial charge on any atom is 0.305 e. The molecule has 0 saturated heterocycles. The van der Waals surface area contributed by atoms with Crippen molar-refractivity contribution in [3.8, 4) is 0 Å². The molecule has 0 rings (SSSR count). The number of hydrogen-bond acceptors (Lipinski definition) is 5. The summed E-state index contributed by atoms with van der Waals surface area (Å²) < 4.78 is 5.49. The van der Waals surface area contributed by atoms with Gasteiger partial charge in [0.1, 0.15) is 0 Å². The van der Waals surface area contributed by atoms with E-state index in [1.807, 2.05) is 6.08 Å². The number of ether oxygens (including phenoxy) is 1. The van der Waals surface area contributed by atoms with E-state index in [1.165, 1.54) is 250 Å². The molecular weight excluding hydrogens is 875 g/mol. The first-order valence-corrected chi connectivity index (χ1v) is 31.4. The highest BCUT2D eigenvalue weighted by Gasteiger charge is 2.18. The SMILES string of the molecule is CCCCCCCC/C=C\CCCCCCCCCC(=O)OCCCCCCCCCCC/C=C\C/C=C\CCCCCCCCCCCCCC(=O)NC(CO)C(O)/C=C/CCCCCCCCCC. The van der Waals surface area contributed by atoms with E-state index in [0.29, 0.717) is 19.4 Å². The lowest BCUT2D eigenvalue weighted by atomic mass is 10.0. The van der Waals surface area contributed by atoms with Gasteiger partial charge in [0.2, 0.25) is 5.91 Å². The molecule has 0 aromatic carbocycles. The van der Waals surface area contributed by atoms with Crippen molar-refractivity contribution < 1.29 is 24.5 Å². The monoisotopic (exact) mass is 996 g/mol. The number of carbonyl (C=O) groups is 2. The second kappa shape index (κ2) is 60.4. The van der Waals surface area contributed by atoms with Crippen LogP contribution in [-0.4, -0.2) is 47.4 Å². The van der Waals surface area contributed by atoms with Crippen LogP contribution in [0.15, 0.2) is 48.6 Å². The van der Waals surface area contributed by atoms with Gasteiger partial charge in [-0.05, 0) is 89.9 Å². The summed E-state index contributed by atoms with van der Waals surface area (Å²) in [5.74, 6) is -0.0666. The molecule has 2 atom stereocenters. The van der Waals surface area contributed by atoms with E-state index in [-0.39, 0.29) is 18.5 Å². The zero-order valence-electron chi connectivity index (χ0n) is 47.5. The van der Waals surface area contributed by atoms with E-state index in [1.54, 1.807) is 6.08 Å². The van der Waals surface area contributed by atoms with Crippen LogP contribution in [0.1, 0.15) is 328 Å². The molecule has 1 amide bonds. The lowest BCUT2D eigenvalue weighted by Gasteiger charge is -2.20. The topological polar surface area (TPSA) is 95.9 Å². The van der Waals surface area contributed by atoms with Crippen molar-refractivity contribution in [2.75, 3.05) is 13.2 Å². The fourth-order valence-electron chi connectivity index (χ4n) is 9.48. The van der Waals surface area contributed by atoms with E-state index in [4.69, 9.17) is 4.74 Å². The van der Waals surface area contributed by atoms with Crippen LogP contribution >= 0.6 is 0 Å². The molecule has 3 N–H and O–H groups in total. The fourth-order valence-corrected chi connectivity index (χ4v) is 9.48. The highest BCUT2D eigenvalue weighted by Crippen LogP contribution is 2.16. The molecule has 0 spiro atoms. The Labute approximate surface area is 442 Å². The Morgan fingerprint density at radius 2 is 0.704 bits per heavy atom. The first-order valence-electron chi connectivity index (χ1n) is 31.4. The maximum atomic E-state index is 12.4. The minimum Gasteiger partial charge on any atom is -0.466 e. The maximum absolute atomic E-state index is 12.4. The van der Waals surface area contributed by atoms with Gasteiger partial charge in [0.05, 0.1) is 25.4 Å². The number of hydrogen-bond donors (Lipinski definition) is 3. The smallest absolute Gasteiger partial charge is 0.305 e. The molecule has 6 nitrogen and oxygen atoms in total. The largest absolute Gasteiger partial charge is 0.466 e. The lowest BCUT2D eigenvalue weighted by molar-refractivity contribution is -0.143. The minimum atomic E-state index is -0.845. The van der Waals surface area contributed by atoms with Gasteiger partial charge >= 0.3 is 5.97 Å². The summed E-state index contributed by atoms with van der Waals surface area (Å²) in [4.78, 5) is 24.5. The molecule has 0 aromatic heterocycles. The van der Waals surface area contributed by atoms with Gasteiger partial charge in [-0.15, -0.1) is 0 Å². The Hall–Kier alpha value is -2.18. The van der Waals surface area contributed by atoms with Crippen LogP contribution in [-0.2, 0) is 14.3 Å². The van der Waals surface area contributed by atoms with Crippen LogP contribution in [0.5, 0.6) is 0 Å². The number of aliphatic hydroxyl groups is 2. The molecular formula is C65H121NO5. The van der Waals surface area contributed by atoms with Gasteiger partial charge in [-0.1, -0.05) is 274 Å². The number of rotatable bonds is 58. The molecule has 0 aliphatic rings. The normalized spacial score (nSPS) is 12.9. The number of nitrogens with one attached hydrogen (secondary N) is 1. The summed E-state index contributed by atoms with van der Waals surface area (Å²) in [7, 11) is 0. The Kier molecular flexibility index (Phi) is 58.5. The molecule has 6 heteroatoms. The first kappa shape index (κ1) is 68.8. The Morgan fingerprint density at radius 1 is 0.394 bits per heavy atom. The third kappa shape index (κ3) is 57.0. The van der Waals surface area contributed by atoms with Crippen LogP contribution in [0.25, 0.3) is 0 Å². The van der Waals surface area contributed by atoms with Gasteiger partial charge in [0.15, 0.2) is 0 Å². The average Bonchev–Trinajstić information content (AvgIpc) is 3.37. The molecule has 0 saturated carbocycles. The van der Waals surface area contributed by atoms with Crippen LogP contribution < -0.4 is 5.32 Å². The average molecular weight is 997 g/mol. The van der Waals surface area contributed by atoms with Gasteiger partial charge < -0.3 is 20.3 Å². The van der Waals surface area contributed by atoms with Crippen molar-refractivity contribution in [2.24, 2.45) is 0 Å². The predicted octanol–water partition coefficient (Wildman–Crippen LogP) is 19.7. The number of carbonyl (C=O) groups excluding carboxylic acids is 2. The lowest BCUT2D eigenvalue weighted by Crippen LogP contribution is -2.45. The van der Waals surface area contributed by atoms with E-state index in [9.17, 15) is 19.8 Å². The molecule has 0 aromatic rings. The molecule has 0 radical (unpaired) electrons. The van der Waals surface area contributed by atoms with Crippen LogP contribution in [0.3, 0.4) is 0 Å². The predicted molar refractivity (Wildman–Crippen MR) is 310 cm³/mol. The number of esters is 1. The van der Waals surface area contributed by atoms with Gasteiger partial charge in [-0.25, -0.2) is 0 Å². The van der Waals surface area contributed by atoms with Crippen molar-refractivity contribution in [3.05, 3.63) is 48.6 Å². The minimum absolute atomic E-state index is 0.00655. The fraction of sp³-hybridized carbons (Fsp3) is 0.846. The molecule has 0 bridgehead atoms. The third-order valence-electron chi connectivity index (χ3n) is 14.3. The molecule has 0 heterocycles. The Morgan fingerprint density at radius 3 is 1.08 bits per heavy atom. The summed E-state index contributed by atoms with van der Waals surface area (Å²) in [6.07, 6.45) is 77.4. The van der Waals surface area contributed by atoms with Crippen molar-refractivity contribution in [1.82, 2.24) is 5.32 Å². The molecule has 0 aliphatic carbocycles. The zero-order valence-corrected chi connectivity index (χ0v) is 47.5. The van der Waals surface area contributed by atoms with Crippen molar-refractivity contribution in [3.63, 3.8) is 0 Å². The standard InChI is InChI=1S/C65H121NO5/c1-3-5-7-9-11-13-15-16-17-29-33-36-39-43-47-51-55-59-65(70)71-60-56-52-48-44-40-37-34-31-28-26-24-22-20-18-19-21-23-25-27-30-32-35-38-42-46-50-54-58-64(69)66-62(61-67)63(68)57-53-49-45-41-14-12-10-8-6-4-2/h16-19,22,24,53,57,62-63,67-68H,3-15,20-21,23,25-52,54-56,58-61H2,1-2H3,(H,66,69)/b17-16-,19-18-,24-22-,57-53+. The van der Waals surface area contributed by atoms with Crippen molar-refractivity contribution in [2.45, 2.75) is 341 Å². The Balaban J connectivity index is 3.41. The number of allylic oxidation sites excluding steroid dienone is 7. The van der Waals surface area contributed by atoms with Gasteiger partial charge in [-0.2, -0.15) is 0 Å². The third-order valence-corrected chi connectivity index (χ3v) is 14.3. The second-order valence-corrected chi connectivity index (χ2v) is 21.4. The molecule has 2 unspecified atom stereocenters. The van der Waals surface area contributed by atoms with E-state index < -0.39 is 12.1 Å². The van der Waals surface area contributed by atoms with Crippen molar-refractivity contribution in [1.29, 1.82) is 0 Å². The Bertz CT molecular complexity index is 1190. The first-order chi connectivity index (χ1) is 35.0. The van der Waals surface area contributed by atoms with Gasteiger partial charge in [0.25, 0.3) is 0 Å². The summed E-state index contributed by atoms with van der Waals surface area (Å²) in [6.45, 7) is 4.88. The van der Waals surface area contributed by atoms with E-state index in [0.717, 1.165) is 51.4 Å². The van der Waals surface area contributed by atoms with Crippen LogP contribution in [0.4, 0.5) is 0 Å². The highest BCUT2D eigenvalue weighted by molar-refractivity contribution is 5.76. The second-order valence-electron chi connectivity index (χ2n) is 21.4. The van der Waals surface area contributed by atoms with Crippen LogP contribution in [0.2, 0.25) is 0 Å². The quantitative estimate of drug-likeness (QED) is 0.0321. The van der Waals surface area contributed by atoms with Crippen LogP contribution in [0, 0.1) is 0 Å². The summed E-state index contributed by atoms with van der Waals surface area (Å²) in [5, 5.41) is 23.0. The van der Waals surface area contributed by atoms with E-state index >= 15 is 0 Å². The highest BCUT2D eigenvalue weighted by atomic mass is 16.5. The van der Waals surface area contributed by atoms with E-state index in [2.05, 4.69) is 55.6 Å². The van der Waals surface area contributed by atoms with Gasteiger partial charge in [0, 0.05) is 12.8 Å². The summed E-state index contributed by atoms with van der Waals surface area (Å²) in [5.41, 5.74) is 0. The molecule has 0 fully saturated rings.